The molecule has 118 valence electrons. The molecule has 0 aliphatic heterocycles. The Morgan fingerprint density at radius 1 is 1.43 bits per heavy atom. The number of benzene rings is 1. The molecule has 1 aromatic carbocycles. The summed E-state index contributed by atoms with van der Waals surface area (Å²) in [5.41, 5.74) is 1.42. The van der Waals surface area contributed by atoms with Gasteiger partial charge in [-0.3, -0.25) is 4.79 Å². The second-order valence-electron chi connectivity index (χ2n) is 4.85. The Labute approximate surface area is 126 Å². The number of aliphatic carboxylic acids is 1. The van der Waals surface area contributed by atoms with E-state index in [1.54, 1.807) is 19.1 Å². The van der Waals surface area contributed by atoms with Crippen LogP contribution in [0.3, 0.4) is 0 Å². The van der Waals surface area contributed by atoms with E-state index < -0.39 is 5.97 Å². The quantitative estimate of drug-likeness (QED) is 0.847. The number of halogens is 1. The van der Waals surface area contributed by atoms with Crippen LogP contribution in [0.2, 0.25) is 0 Å². The highest BCUT2D eigenvalue weighted by atomic mass is 19.1. The lowest BCUT2D eigenvalue weighted by atomic mass is 10.1. The van der Waals surface area contributed by atoms with Gasteiger partial charge in [0.05, 0.1) is 5.82 Å². The number of rotatable bonds is 6. The molecule has 0 aliphatic carbocycles. The maximum Gasteiger partial charge on any atom is 0.303 e. The van der Waals surface area contributed by atoms with Gasteiger partial charge in [-0.15, -0.1) is 0 Å². The van der Waals surface area contributed by atoms with Crippen LogP contribution in [-0.4, -0.2) is 36.6 Å². The monoisotopic (exact) mass is 296 g/mol. The molecule has 1 rings (SSSR count). The average Bonchev–Trinajstić information content (AvgIpc) is 2.41. The SMILES string of the molecule is C=C(NCC)N(C)C.Cc1cc(CCC(=O)O)ccc1F. The highest BCUT2D eigenvalue weighted by molar-refractivity contribution is 5.67. The van der Waals surface area contributed by atoms with E-state index in [9.17, 15) is 9.18 Å². The Morgan fingerprint density at radius 2 is 2.05 bits per heavy atom. The van der Waals surface area contributed by atoms with E-state index in [1.165, 1.54) is 6.07 Å². The van der Waals surface area contributed by atoms with Crippen molar-refractivity contribution >= 4 is 5.97 Å². The summed E-state index contributed by atoms with van der Waals surface area (Å²) < 4.78 is 12.8. The fourth-order valence-electron chi connectivity index (χ4n) is 1.48. The molecule has 0 aliphatic rings. The van der Waals surface area contributed by atoms with E-state index in [2.05, 4.69) is 18.8 Å². The van der Waals surface area contributed by atoms with Crippen molar-refractivity contribution in [2.75, 3.05) is 20.6 Å². The highest BCUT2D eigenvalue weighted by Crippen LogP contribution is 2.10. The van der Waals surface area contributed by atoms with Crippen molar-refractivity contribution in [3.8, 4) is 0 Å². The molecule has 0 radical (unpaired) electrons. The third-order valence-corrected chi connectivity index (χ3v) is 2.77. The number of hydrogen-bond acceptors (Lipinski definition) is 3. The van der Waals surface area contributed by atoms with E-state index in [0.29, 0.717) is 12.0 Å². The number of aryl methyl sites for hydroxylation is 2. The molecule has 0 heterocycles. The van der Waals surface area contributed by atoms with E-state index in [4.69, 9.17) is 5.11 Å². The molecule has 0 aromatic heterocycles. The minimum Gasteiger partial charge on any atom is -0.481 e. The molecule has 0 bridgehead atoms. The molecule has 0 unspecified atom stereocenters. The van der Waals surface area contributed by atoms with Crippen LogP contribution < -0.4 is 5.32 Å². The lowest BCUT2D eigenvalue weighted by molar-refractivity contribution is -0.136. The van der Waals surface area contributed by atoms with E-state index in [0.717, 1.165) is 17.9 Å². The molecule has 0 saturated heterocycles. The van der Waals surface area contributed by atoms with Gasteiger partial charge in [0, 0.05) is 27.1 Å². The zero-order valence-electron chi connectivity index (χ0n) is 13.2. The Bertz CT molecular complexity index is 473. The summed E-state index contributed by atoms with van der Waals surface area (Å²) in [4.78, 5) is 12.2. The summed E-state index contributed by atoms with van der Waals surface area (Å²) in [6.07, 6.45) is 0.543. The molecule has 1 aromatic rings. The minimum absolute atomic E-state index is 0.0884. The van der Waals surface area contributed by atoms with Crippen molar-refractivity contribution in [1.82, 2.24) is 10.2 Å². The van der Waals surface area contributed by atoms with Crippen LogP contribution in [0.25, 0.3) is 0 Å². The zero-order valence-corrected chi connectivity index (χ0v) is 13.2. The maximum absolute atomic E-state index is 12.8. The molecular formula is C16H25FN2O2. The van der Waals surface area contributed by atoms with Crippen molar-refractivity contribution in [3.05, 3.63) is 47.5 Å². The third-order valence-electron chi connectivity index (χ3n) is 2.77. The van der Waals surface area contributed by atoms with Gasteiger partial charge in [0.2, 0.25) is 0 Å². The van der Waals surface area contributed by atoms with Crippen LogP contribution in [0.4, 0.5) is 4.39 Å². The van der Waals surface area contributed by atoms with E-state index in [-0.39, 0.29) is 12.2 Å². The smallest absolute Gasteiger partial charge is 0.303 e. The molecule has 0 amide bonds. The molecular weight excluding hydrogens is 271 g/mol. The predicted octanol–water partition coefficient (Wildman–Crippen LogP) is 2.78. The van der Waals surface area contributed by atoms with Crippen LogP contribution in [-0.2, 0) is 11.2 Å². The second kappa shape index (κ2) is 9.80. The number of carboxylic acids is 1. The van der Waals surface area contributed by atoms with Crippen molar-refractivity contribution in [2.45, 2.75) is 26.7 Å². The second-order valence-corrected chi connectivity index (χ2v) is 4.85. The Morgan fingerprint density at radius 3 is 2.43 bits per heavy atom. The normalized spacial score (nSPS) is 9.38. The van der Waals surface area contributed by atoms with Crippen molar-refractivity contribution in [1.29, 1.82) is 0 Å². The van der Waals surface area contributed by atoms with Gasteiger partial charge < -0.3 is 15.3 Å². The van der Waals surface area contributed by atoms with Gasteiger partial charge in [-0.25, -0.2) is 4.39 Å². The molecule has 21 heavy (non-hydrogen) atoms. The first-order chi connectivity index (χ1) is 9.77. The standard InChI is InChI=1S/C10H11FO2.C6H14N2/c1-7-6-8(2-4-9(7)11)3-5-10(12)13;1-5-7-6(2)8(3)4/h2,4,6H,3,5H2,1H3,(H,12,13);7H,2,5H2,1,3-4H3. The van der Waals surface area contributed by atoms with Gasteiger partial charge in [-0.2, -0.15) is 0 Å². The molecule has 0 saturated carbocycles. The molecule has 5 heteroatoms. The van der Waals surface area contributed by atoms with Gasteiger partial charge in [-0.05, 0) is 37.5 Å². The first-order valence-corrected chi connectivity index (χ1v) is 6.84. The Balaban J connectivity index is 0.000000433. The number of nitrogens with zero attached hydrogens (tertiary/aromatic N) is 1. The zero-order chi connectivity index (χ0) is 16.4. The van der Waals surface area contributed by atoms with Crippen LogP contribution in [0.5, 0.6) is 0 Å². The largest absolute Gasteiger partial charge is 0.481 e. The lowest BCUT2D eigenvalue weighted by Gasteiger charge is -2.15. The van der Waals surface area contributed by atoms with Gasteiger partial charge in [0.25, 0.3) is 0 Å². The maximum atomic E-state index is 12.8. The minimum atomic E-state index is -0.832. The first-order valence-electron chi connectivity index (χ1n) is 6.84. The van der Waals surface area contributed by atoms with Gasteiger partial charge in [0.1, 0.15) is 5.82 Å². The fourth-order valence-corrected chi connectivity index (χ4v) is 1.48. The molecule has 0 atom stereocenters. The summed E-state index contributed by atoms with van der Waals surface area (Å²) in [5, 5.41) is 11.5. The summed E-state index contributed by atoms with van der Waals surface area (Å²) in [7, 11) is 3.93. The van der Waals surface area contributed by atoms with E-state index in [1.807, 2.05) is 19.0 Å². The summed E-state index contributed by atoms with van der Waals surface area (Å²) in [5.74, 6) is -0.117. The summed E-state index contributed by atoms with van der Waals surface area (Å²) in [6, 6.07) is 4.66. The lowest BCUT2D eigenvalue weighted by Crippen LogP contribution is -2.23. The van der Waals surface area contributed by atoms with Crippen LogP contribution in [0.15, 0.2) is 30.6 Å². The summed E-state index contributed by atoms with van der Waals surface area (Å²) in [6.45, 7) is 8.42. The number of nitrogens with one attached hydrogen (secondary N) is 1. The van der Waals surface area contributed by atoms with Gasteiger partial charge in [-0.1, -0.05) is 18.7 Å². The number of carboxylic acid groups (broad SMARTS) is 1. The summed E-state index contributed by atoms with van der Waals surface area (Å²) >= 11 is 0. The van der Waals surface area contributed by atoms with Crippen molar-refractivity contribution < 1.29 is 14.3 Å². The van der Waals surface area contributed by atoms with Gasteiger partial charge in [0.15, 0.2) is 0 Å². The molecule has 2 N–H and O–H groups in total. The average molecular weight is 296 g/mol. The topological polar surface area (TPSA) is 52.6 Å². The Kier molecular flexibility index (Phi) is 8.85. The predicted molar refractivity (Wildman–Crippen MR) is 83.6 cm³/mol. The van der Waals surface area contributed by atoms with Crippen LogP contribution in [0.1, 0.15) is 24.5 Å². The highest BCUT2D eigenvalue weighted by Gasteiger charge is 2.01. The molecule has 4 nitrogen and oxygen atoms in total. The van der Waals surface area contributed by atoms with Gasteiger partial charge >= 0.3 is 5.97 Å². The van der Waals surface area contributed by atoms with Crippen LogP contribution in [0, 0.1) is 12.7 Å². The Hall–Kier alpha value is -2.04. The third kappa shape index (κ3) is 8.68. The van der Waals surface area contributed by atoms with E-state index >= 15 is 0 Å². The molecule has 0 fully saturated rings. The fraction of sp³-hybridized carbons (Fsp3) is 0.438. The van der Waals surface area contributed by atoms with Crippen molar-refractivity contribution in [3.63, 3.8) is 0 Å². The van der Waals surface area contributed by atoms with Crippen LogP contribution >= 0.6 is 0 Å². The van der Waals surface area contributed by atoms with Crippen molar-refractivity contribution in [2.24, 2.45) is 0 Å². The number of carbonyl (C=O) groups is 1. The first kappa shape index (κ1) is 19.0. The molecule has 0 spiro atoms. The number of hydrogen-bond donors (Lipinski definition) is 2.